The molecule has 0 radical (unpaired) electrons. The van der Waals surface area contributed by atoms with Gasteiger partial charge in [0, 0.05) is 32.0 Å². The first-order valence-electron chi connectivity index (χ1n) is 10.0. The van der Waals surface area contributed by atoms with Gasteiger partial charge < -0.3 is 9.64 Å². The molecule has 4 rings (SSSR count). The van der Waals surface area contributed by atoms with Crippen LogP contribution in [0.4, 0.5) is 0 Å². The number of amides is 1. The minimum Gasteiger partial charge on any atom is -0.486 e. The molecule has 2 aliphatic heterocycles. The first-order chi connectivity index (χ1) is 14.3. The molecular formula is C24H23Cl2NO3. The fourth-order valence-corrected chi connectivity index (χ4v) is 4.55. The summed E-state index contributed by atoms with van der Waals surface area (Å²) in [5.41, 5.74) is 3.03. The van der Waals surface area contributed by atoms with Crippen molar-refractivity contribution >= 4 is 41.0 Å². The van der Waals surface area contributed by atoms with Crippen molar-refractivity contribution in [3.05, 3.63) is 68.7 Å². The average Bonchev–Trinajstić information content (AvgIpc) is 2.70. The van der Waals surface area contributed by atoms with Crippen LogP contribution in [-0.4, -0.2) is 35.3 Å². The van der Waals surface area contributed by atoms with Crippen LogP contribution in [0.25, 0.3) is 6.08 Å². The number of aryl methyl sites for hydroxylation is 2. The number of benzene rings is 2. The third-order valence-corrected chi connectivity index (χ3v) is 6.61. The van der Waals surface area contributed by atoms with E-state index >= 15 is 0 Å². The fraction of sp³-hybridized carbons (Fsp3) is 0.333. The van der Waals surface area contributed by atoms with Gasteiger partial charge in [-0.1, -0.05) is 35.3 Å². The molecule has 2 aromatic rings. The first kappa shape index (κ1) is 21.0. The highest BCUT2D eigenvalue weighted by atomic mass is 35.5. The topological polar surface area (TPSA) is 46.6 Å². The van der Waals surface area contributed by atoms with Crippen molar-refractivity contribution in [2.24, 2.45) is 0 Å². The van der Waals surface area contributed by atoms with Gasteiger partial charge in [-0.15, -0.1) is 0 Å². The summed E-state index contributed by atoms with van der Waals surface area (Å²) in [6, 6.07) is 9.19. The second-order valence-corrected chi connectivity index (χ2v) is 8.99. The molecule has 156 valence electrons. The maximum absolute atomic E-state index is 12.8. The summed E-state index contributed by atoms with van der Waals surface area (Å²) in [6.45, 7) is 5.07. The summed E-state index contributed by atoms with van der Waals surface area (Å²) >= 11 is 12.0. The SMILES string of the molecule is Cc1cc(C)c2c(c1)C(=O)CC1(CCN(C(=O)/C=C/c3ccc(Cl)c(Cl)c3)CC1)O2. The van der Waals surface area contributed by atoms with E-state index < -0.39 is 5.60 Å². The van der Waals surface area contributed by atoms with Gasteiger partial charge in [-0.2, -0.15) is 0 Å². The Morgan fingerprint density at radius 1 is 1.10 bits per heavy atom. The normalized spacial score (nSPS) is 17.9. The van der Waals surface area contributed by atoms with Crippen LogP contribution in [0.2, 0.25) is 10.0 Å². The van der Waals surface area contributed by atoms with E-state index in [2.05, 4.69) is 0 Å². The first-order valence-corrected chi connectivity index (χ1v) is 10.8. The molecule has 0 atom stereocenters. The Balaban J connectivity index is 1.43. The van der Waals surface area contributed by atoms with Gasteiger partial charge in [-0.05, 0) is 54.8 Å². The van der Waals surface area contributed by atoms with Crippen molar-refractivity contribution < 1.29 is 14.3 Å². The van der Waals surface area contributed by atoms with Gasteiger partial charge in [0.05, 0.1) is 22.0 Å². The molecule has 2 heterocycles. The Kier molecular flexibility index (Phi) is 5.65. The van der Waals surface area contributed by atoms with Crippen LogP contribution in [0.1, 0.15) is 46.3 Å². The van der Waals surface area contributed by atoms with E-state index in [1.54, 1.807) is 29.2 Å². The number of Topliss-reactive ketones (excluding diaryl/α,β-unsaturated/α-hetero) is 1. The number of piperidine rings is 1. The van der Waals surface area contributed by atoms with Crippen molar-refractivity contribution in [2.45, 2.75) is 38.7 Å². The number of carbonyl (C=O) groups excluding carboxylic acids is 2. The van der Waals surface area contributed by atoms with Gasteiger partial charge >= 0.3 is 0 Å². The van der Waals surface area contributed by atoms with E-state index in [1.807, 2.05) is 32.0 Å². The molecule has 1 amide bonds. The molecule has 0 aromatic heterocycles. The molecule has 0 bridgehead atoms. The van der Waals surface area contributed by atoms with Crippen LogP contribution < -0.4 is 4.74 Å². The van der Waals surface area contributed by atoms with Crippen molar-refractivity contribution in [1.82, 2.24) is 4.90 Å². The molecule has 0 aliphatic carbocycles. The Morgan fingerprint density at radius 2 is 1.83 bits per heavy atom. The number of nitrogens with zero attached hydrogens (tertiary/aromatic N) is 1. The number of ether oxygens (including phenoxy) is 1. The monoisotopic (exact) mass is 443 g/mol. The Morgan fingerprint density at radius 3 is 2.53 bits per heavy atom. The molecule has 0 unspecified atom stereocenters. The number of likely N-dealkylation sites (tertiary alicyclic amines) is 1. The molecule has 1 saturated heterocycles. The minimum absolute atomic E-state index is 0.0646. The predicted octanol–water partition coefficient (Wildman–Crippen LogP) is 5.65. The van der Waals surface area contributed by atoms with Gasteiger partial charge in [0.25, 0.3) is 0 Å². The number of fused-ring (bicyclic) bond motifs is 1. The second kappa shape index (κ2) is 8.09. The largest absolute Gasteiger partial charge is 0.486 e. The average molecular weight is 444 g/mol. The molecule has 0 saturated carbocycles. The van der Waals surface area contributed by atoms with E-state index in [-0.39, 0.29) is 11.7 Å². The van der Waals surface area contributed by atoms with E-state index in [4.69, 9.17) is 27.9 Å². The lowest BCUT2D eigenvalue weighted by molar-refractivity contribution is -0.129. The van der Waals surface area contributed by atoms with Gasteiger partial charge in [0.1, 0.15) is 11.4 Å². The van der Waals surface area contributed by atoms with Crippen LogP contribution in [0.3, 0.4) is 0 Å². The summed E-state index contributed by atoms with van der Waals surface area (Å²) in [4.78, 5) is 27.2. The van der Waals surface area contributed by atoms with Crippen LogP contribution in [0, 0.1) is 13.8 Å². The number of carbonyl (C=O) groups is 2. The highest BCUT2D eigenvalue weighted by Crippen LogP contribution is 2.41. The predicted molar refractivity (Wildman–Crippen MR) is 120 cm³/mol. The fourth-order valence-electron chi connectivity index (χ4n) is 4.24. The maximum atomic E-state index is 12.8. The number of rotatable bonds is 2. The van der Waals surface area contributed by atoms with Crippen molar-refractivity contribution in [2.75, 3.05) is 13.1 Å². The highest BCUT2D eigenvalue weighted by Gasteiger charge is 2.44. The zero-order valence-electron chi connectivity index (χ0n) is 17.0. The quantitative estimate of drug-likeness (QED) is 0.563. The summed E-state index contributed by atoms with van der Waals surface area (Å²) in [5.74, 6) is 0.767. The molecule has 0 N–H and O–H groups in total. The molecular weight excluding hydrogens is 421 g/mol. The Labute approximate surface area is 186 Å². The third kappa shape index (κ3) is 4.12. The summed E-state index contributed by atoms with van der Waals surface area (Å²) in [6.07, 6.45) is 4.92. The molecule has 6 heteroatoms. The van der Waals surface area contributed by atoms with Crippen molar-refractivity contribution in [3.63, 3.8) is 0 Å². The summed E-state index contributed by atoms with van der Waals surface area (Å²) in [5, 5.41) is 0.937. The van der Waals surface area contributed by atoms with Gasteiger partial charge in [0.15, 0.2) is 5.78 Å². The molecule has 4 nitrogen and oxygen atoms in total. The third-order valence-electron chi connectivity index (χ3n) is 5.87. The zero-order chi connectivity index (χ0) is 21.5. The Bertz CT molecular complexity index is 1050. The molecule has 30 heavy (non-hydrogen) atoms. The lowest BCUT2D eigenvalue weighted by Crippen LogP contribution is -2.52. The van der Waals surface area contributed by atoms with Crippen molar-refractivity contribution in [3.8, 4) is 5.75 Å². The highest BCUT2D eigenvalue weighted by molar-refractivity contribution is 6.42. The maximum Gasteiger partial charge on any atom is 0.246 e. The number of ketones is 1. The zero-order valence-corrected chi connectivity index (χ0v) is 18.5. The van der Waals surface area contributed by atoms with Gasteiger partial charge in [-0.25, -0.2) is 0 Å². The lowest BCUT2D eigenvalue weighted by Gasteiger charge is -2.44. The number of hydrogen-bond donors (Lipinski definition) is 0. The molecule has 2 aromatic carbocycles. The second-order valence-electron chi connectivity index (χ2n) is 8.18. The van der Waals surface area contributed by atoms with Crippen LogP contribution in [0.15, 0.2) is 36.4 Å². The lowest BCUT2D eigenvalue weighted by atomic mass is 9.81. The molecule has 1 spiro atoms. The van der Waals surface area contributed by atoms with Crippen LogP contribution in [-0.2, 0) is 4.79 Å². The number of halogens is 2. The smallest absolute Gasteiger partial charge is 0.246 e. The van der Waals surface area contributed by atoms with Crippen LogP contribution >= 0.6 is 23.2 Å². The van der Waals surface area contributed by atoms with Crippen molar-refractivity contribution in [1.29, 1.82) is 0 Å². The molecule has 1 fully saturated rings. The van der Waals surface area contributed by atoms with Gasteiger partial charge in [0.2, 0.25) is 5.91 Å². The Hall–Kier alpha value is -2.30. The summed E-state index contributed by atoms with van der Waals surface area (Å²) in [7, 11) is 0. The summed E-state index contributed by atoms with van der Waals surface area (Å²) < 4.78 is 6.39. The minimum atomic E-state index is -0.520. The van der Waals surface area contributed by atoms with E-state index in [1.165, 1.54) is 0 Å². The van der Waals surface area contributed by atoms with Crippen LogP contribution in [0.5, 0.6) is 5.75 Å². The standard InChI is InChI=1S/C24H23Cl2NO3/c1-15-11-16(2)23-18(12-15)21(28)14-24(30-23)7-9-27(10-8-24)22(29)6-4-17-3-5-19(25)20(26)13-17/h3-6,11-13H,7-10,14H2,1-2H3/b6-4+. The van der Waals surface area contributed by atoms with E-state index in [0.29, 0.717) is 53.7 Å². The van der Waals surface area contributed by atoms with E-state index in [9.17, 15) is 9.59 Å². The number of hydrogen-bond acceptors (Lipinski definition) is 3. The van der Waals surface area contributed by atoms with E-state index in [0.717, 1.165) is 16.7 Å². The van der Waals surface area contributed by atoms with Gasteiger partial charge in [-0.3, -0.25) is 9.59 Å². The molecule has 2 aliphatic rings.